The van der Waals surface area contributed by atoms with Crippen LogP contribution in [-0.4, -0.2) is 9.97 Å². The highest BCUT2D eigenvalue weighted by atomic mass is 35.5. The van der Waals surface area contributed by atoms with E-state index in [0.29, 0.717) is 16.4 Å². The number of rotatable bonds is 1. The van der Waals surface area contributed by atoms with Gasteiger partial charge in [0.25, 0.3) is 0 Å². The summed E-state index contributed by atoms with van der Waals surface area (Å²) in [5, 5.41) is 0.544. The van der Waals surface area contributed by atoms with Gasteiger partial charge in [0, 0.05) is 17.0 Å². The quantitative estimate of drug-likeness (QED) is 0.708. The molecule has 2 rings (SSSR count). The second kappa shape index (κ2) is 4.18. The molecule has 0 saturated heterocycles. The first kappa shape index (κ1) is 11.0. The number of halogens is 2. The first-order chi connectivity index (χ1) is 7.58. The van der Waals surface area contributed by atoms with Crippen molar-refractivity contribution in [2.45, 2.75) is 13.8 Å². The summed E-state index contributed by atoms with van der Waals surface area (Å²) in [7, 11) is 0. The van der Waals surface area contributed by atoms with Crippen LogP contribution >= 0.6 is 11.6 Å². The molecule has 0 spiro atoms. The van der Waals surface area contributed by atoms with Gasteiger partial charge in [-0.1, -0.05) is 11.6 Å². The van der Waals surface area contributed by atoms with E-state index in [1.54, 1.807) is 19.1 Å². The SMILES string of the molecule is Cc1ccc(Cl)c(-c2ccc(F)nc2C)n1. The van der Waals surface area contributed by atoms with Crippen molar-refractivity contribution in [3.8, 4) is 11.3 Å². The number of pyridine rings is 2. The van der Waals surface area contributed by atoms with Gasteiger partial charge in [-0.15, -0.1) is 0 Å². The smallest absolute Gasteiger partial charge is 0.213 e. The van der Waals surface area contributed by atoms with E-state index in [1.165, 1.54) is 6.07 Å². The van der Waals surface area contributed by atoms with Gasteiger partial charge < -0.3 is 0 Å². The molecule has 4 heteroatoms. The first-order valence-electron chi connectivity index (χ1n) is 4.84. The van der Waals surface area contributed by atoms with Gasteiger partial charge in [-0.3, -0.25) is 4.98 Å². The lowest BCUT2D eigenvalue weighted by atomic mass is 10.1. The number of hydrogen-bond acceptors (Lipinski definition) is 2. The summed E-state index contributed by atoms with van der Waals surface area (Å²) in [6, 6.07) is 6.56. The van der Waals surface area contributed by atoms with Crippen LogP contribution in [0, 0.1) is 19.8 Å². The maximum atomic E-state index is 12.9. The van der Waals surface area contributed by atoms with Crippen LogP contribution in [0.4, 0.5) is 4.39 Å². The van der Waals surface area contributed by atoms with Crippen molar-refractivity contribution in [3.63, 3.8) is 0 Å². The molecule has 16 heavy (non-hydrogen) atoms. The van der Waals surface area contributed by atoms with Crippen molar-refractivity contribution in [2.75, 3.05) is 0 Å². The molecule has 0 unspecified atom stereocenters. The lowest BCUT2D eigenvalue weighted by Gasteiger charge is -2.07. The predicted molar refractivity (Wildman–Crippen MR) is 61.9 cm³/mol. The van der Waals surface area contributed by atoms with Crippen molar-refractivity contribution in [1.82, 2.24) is 9.97 Å². The fourth-order valence-corrected chi connectivity index (χ4v) is 1.72. The summed E-state index contributed by atoms with van der Waals surface area (Å²) in [6.07, 6.45) is 0. The summed E-state index contributed by atoms with van der Waals surface area (Å²) in [4.78, 5) is 8.09. The van der Waals surface area contributed by atoms with Crippen molar-refractivity contribution < 1.29 is 4.39 Å². The Bertz CT molecular complexity index is 541. The zero-order chi connectivity index (χ0) is 11.7. The summed E-state index contributed by atoms with van der Waals surface area (Å²) >= 11 is 6.06. The number of aromatic nitrogens is 2. The third kappa shape index (κ3) is 2.04. The zero-order valence-corrected chi connectivity index (χ0v) is 9.72. The maximum Gasteiger partial charge on any atom is 0.213 e. The largest absolute Gasteiger partial charge is 0.251 e. The monoisotopic (exact) mass is 236 g/mol. The first-order valence-corrected chi connectivity index (χ1v) is 5.22. The molecule has 82 valence electrons. The molecule has 2 nitrogen and oxygen atoms in total. The standard InChI is InChI=1S/C12H10ClFN2/c1-7-3-5-10(13)12(15-7)9-4-6-11(14)16-8(9)2/h3-6H,1-2H3. The molecule has 0 aromatic carbocycles. The normalized spacial score (nSPS) is 10.5. The molecule has 0 aliphatic heterocycles. The van der Waals surface area contributed by atoms with Crippen molar-refractivity contribution in [2.24, 2.45) is 0 Å². The zero-order valence-electron chi connectivity index (χ0n) is 8.96. The average molecular weight is 237 g/mol. The highest BCUT2D eigenvalue weighted by Gasteiger charge is 2.09. The summed E-state index contributed by atoms with van der Waals surface area (Å²) in [6.45, 7) is 3.62. The van der Waals surface area contributed by atoms with E-state index in [9.17, 15) is 4.39 Å². The van der Waals surface area contributed by atoms with Crippen molar-refractivity contribution in [1.29, 1.82) is 0 Å². The second-order valence-electron chi connectivity index (χ2n) is 3.55. The van der Waals surface area contributed by atoms with Crippen LogP contribution in [0.3, 0.4) is 0 Å². The van der Waals surface area contributed by atoms with Crippen LogP contribution in [0.1, 0.15) is 11.4 Å². The molecule has 0 atom stereocenters. The van der Waals surface area contributed by atoms with Gasteiger partial charge in [0.1, 0.15) is 0 Å². The van der Waals surface area contributed by atoms with Gasteiger partial charge >= 0.3 is 0 Å². The van der Waals surface area contributed by atoms with Crippen LogP contribution in [0.2, 0.25) is 5.02 Å². The van der Waals surface area contributed by atoms with E-state index >= 15 is 0 Å². The predicted octanol–water partition coefficient (Wildman–Crippen LogP) is 3.55. The number of nitrogens with zero attached hydrogens (tertiary/aromatic N) is 2. The molecule has 0 aliphatic rings. The fourth-order valence-electron chi connectivity index (χ4n) is 1.51. The molecule has 0 aliphatic carbocycles. The van der Waals surface area contributed by atoms with E-state index < -0.39 is 5.95 Å². The highest BCUT2D eigenvalue weighted by molar-refractivity contribution is 6.33. The van der Waals surface area contributed by atoms with E-state index in [1.807, 2.05) is 13.0 Å². The summed E-state index contributed by atoms with van der Waals surface area (Å²) < 4.78 is 12.9. The second-order valence-corrected chi connectivity index (χ2v) is 3.96. The molecule has 0 N–H and O–H groups in total. The summed E-state index contributed by atoms with van der Waals surface area (Å²) in [5.41, 5.74) is 2.85. The Balaban J connectivity index is 2.62. The van der Waals surface area contributed by atoms with Gasteiger partial charge in [0.15, 0.2) is 0 Å². The third-order valence-corrected chi connectivity index (χ3v) is 2.60. The van der Waals surface area contributed by atoms with Gasteiger partial charge in [-0.25, -0.2) is 4.98 Å². The van der Waals surface area contributed by atoms with Gasteiger partial charge in [0.05, 0.1) is 10.7 Å². The molecule has 2 heterocycles. The highest BCUT2D eigenvalue weighted by Crippen LogP contribution is 2.27. The van der Waals surface area contributed by atoms with Crippen LogP contribution in [0.15, 0.2) is 24.3 Å². The lowest BCUT2D eigenvalue weighted by Crippen LogP contribution is -1.94. The Hall–Kier alpha value is -1.48. The number of hydrogen-bond donors (Lipinski definition) is 0. The molecule has 0 saturated carbocycles. The third-order valence-electron chi connectivity index (χ3n) is 2.29. The van der Waals surface area contributed by atoms with Crippen LogP contribution in [0.5, 0.6) is 0 Å². The van der Waals surface area contributed by atoms with Crippen molar-refractivity contribution in [3.05, 3.63) is 46.6 Å². The Labute approximate surface area is 98.1 Å². The molecule has 0 amide bonds. The minimum atomic E-state index is -0.495. The van der Waals surface area contributed by atoms with Crippen LogP contribution in [0.25, 0.3) is 11.3 Å². The molecule has 0 radical (unpaired) electrons. The van der Waals surface area contributed by atoms with Crippen molar-refractivity contribution >= 4 is 11.6 Å². The van der Waals surface area contributed by atoms with E-state index in [-0.39, 0.29) is 0 Å². The fraction of sp³-hybridized carbons (Fsp3) is 0.167. The van der Waals surface area contributed by atoms with Gasteiger partial charge in [-0.2, -0.15) is 4.39 Å². The Kier molecular flexibility index (Phi) is 2.88. The lowest BCUT2D eigenvalue weighted by molar-refractivity contribution is 0.580. The van der Waals surface area contributed by atoms with Gasteiger partial charge in [-0.05, 0) is 38.1 Å². The minimum Gasteiger partial charge on any atom is -0.251 e. The molecular weight excluding hydrogens is 227 g/mol. The Morgan fingerprint density at radius 1 is 1.06 bits per heavy atom. The molecule has 2 aromatic heterocycles. The molecule has 0 fully saturated rings. The minimum absolute atomic E-state index is 0.495. The van der Waals surface area contributed by atoms with Crippen LogP contribution in [-0.2, 0) is 0 Å². The maximum absolute atomic E-state index is 12.9. The molecular formula is C12H10ClFN2. The molecule has 2 aromatic rings. The van der Waals surface area contributed by atoms with E-state index in [2.05, 4.69) is 9.97 Å². The Morgan fingerprint density at radius 3 is 2.50 bits per heavy atom. The molecule has 0 bridgehead atoms. The van der Waals surface area contributed by atoms with Gasteiger partial charge in [0.2, 0.25) is 5.95 Å². The summed E-state index contributed by atoms with van der Waals surface area (Å²) in [5.74, 6) is -0.495. The average Bonchev–Trinajstić information content (AvgIpc) is 2.22. The number of aryl methyl sites for hydroxylation is 2. The van der Waals surface area contributed by atoms with Crippen LogP contribution < -0.4 is 0 Å². The van der Waals surface area contributed by atoms with E-state index in [4.69, 9.17) is 11.6 Å². The van der Waals surface area contributed by atoms with E-state index in [0.717, 1.165) is 11.3 Å². The topological polar surface area (TPSA) is 25.8 Å². The Morgan fingerprint density at radius 2 is 1.81 bits per heavy atom.